The number of anilines is 5. The molecule has 3 saturated heterocycles. The third-order valence-electron chi connectivity index (χ3n) is 13.3. The Morgan fingerprint density at radius 3 is 2.32 bits per heavy atom. The van der Waals surface area contributed by atoms with Crippen LogP contribution >= 0.6 is 0 Å². The number of sulfonamides is 1. The maximum atomic E-state index is 13.9. The zero-order chi connectivity index (χ0) is 48.6. The van der Waals surface area contributed by atoms with E-state index in [-0.39, 0.29) is 58.6 Å². The number of ether oxygens (including phenoxy) is 2. The van der Waals surface area contributed by atoms with Gasteiger partial charge in [0.1, 0.15) is 23.2 Å². The highest BCUT2D eigenvalue weighted by Crippen LogP contribution is 2.41. The van der Waals surface area contributed by atoms with E-state index in [9.17, 15) is 37.2 Å². The zero-order valence-electron chi connectivity index (χ0n) is 38.7. The molecular weight excluding hydrogens is 909 g/mol. The number of para-hydroxylation sites is 1. The Balaban J connectivity index is 0.744. The highest BCUT2D eigenvalue weighted by Gasteiger charge is 2.46. The number of fused-ring (bicyclic) bond motifs is 3. The van der Waals surface area contributed by atoms with Gasteiger partial charge in [0, 0.05) is 64.3 Å². The third-order valence-corrected chi connectivity index (χ3v) is 14.3. The molecule has 9 rings (SSSR count). The van der Waals surface area contributed by atoms with Crippen LogP contribution in [0.25, 0.3) is 0 Å². The first-order valence-electron chi connectivity index (χ1n) is 23.2. The molecule has 4 aromatic rings. The second-order valence-electron chi connectivity index (χ2n) is 17.7. The Kier molecular flexibility index (Phi) is 13.4. The molecule has 6 amide bonds. The molecule has 1 unspecified atom stereocenters. The number of hydrogen-bond acceptors (Lipinski definition) is 15. The van der Waals surface area contributed by atoms with E-state index in [1.54, 1.807) is 60.7 Å². The molecule has 2 N–H and O–H groups in total. The molecule has 20 nitrogen and oxygen atoms in total. The van der Waals surface area contributed by atoms with Crippen molar-refractivity contribution < 1.29 is 46.7 Å². The van der Waals surface area contributed by atoms with E-state index in [4.69, 9.17) is 9.47 Å². The molecule has 5 aliphatic rings. The van der Waals surface area contributed by atoms with Gasteiger partial charge in [-0.25, -0.2) is 17.7 Å². The van der Waals surface area contributed by atoms with Gasteiger partial charge in [0.2, 0.25) is 27.8 Å². The number of benzene rings is 3. The fourth-order valence-electron chi connectivity index (χ4n) is 9.73. The van der Waals surface area contributed by atoms with Gasteiger partial charge in [-0.1, -0.05) is 18.2 Å². The average molecular weight is 963 g/mol. The Morgan fingerprint density at radius 2 is 1.58 bits per heavy atom. The lowest BCUT2D eigenvalue weighted by molar-refractivity contribution is -0.136. The second-order valence-corrected chi connectivity index (χ2v) is 19.5. The van der Waals surface area contributed by atoms with Crippen molar-refractivity contribution in [3.63, 3.8) is 0 Å². The van der Waals surface area contributed by atoms with Gasteiger partial charge in [0.15, 0.2) is 5.82 Å². The number of nitrogens with one attached hydrogen (secondary N) is 2. The molecule has 0 spiro atoms. The van der Waals surface area contributed by atoms with Gasteiger partial charge in [-0.2, -0.15) is 4.98 Å². The van der Waals surface area contributed by atoms with Gasteiger partial charge in [-0.15, -0.1) is 0 Å². The van der Waals surface area contributed by atoms with Crippen LogP contribution in [-0.2, 0) is 19.6 Å². The van der Waals surface area contributed by atoms with E-state index < -0.39 is 45.6 Å². The van der Waals surface area contributed by atoms with Crippen LogP contribution in [0.3, 0.4) is 0 Å². The molecule has 0 bridgehead atoms. The van der Waals surface area contributed by atoms with E-state index in [0.29, 0.717) is 55.1 Å². The van der Waals surface area contributed by atoms with Crippen LogP contribution in [0.1, 0.15) is 86.9 Å². The molecule has 3 aromatic carbocycles. The molecule has 0 aliphatic carbocycles. The largest absolute Gasteiger partial charge is 0.493 e. The van der Waals surface area contributed by atoms with E-state index >= 15 is 0 Å². The number of unbranched alkanes of at least 4 members (excludes halogenated alkanes) is 1. The van der Waals surface area contributed by atoms with Crippen LogP contribution in [0.2, 0.25) is 0 Å². The van der Waals surface area contributed by atoms with E-state index in [1.165, 1.54) is 18.1 Å². The number of carbonyl (C=O) groups excluding carboxylic acids is 6. The van der Waals surface area contributed by atoms with Crippen LogP contribution < -0.4 is 29.3 Å². The fourth-order valence-corrected chi connectivity index (χ4v) is 10.7. The number of nitrogens with zero attached hydrogens (tertiary/aromatic N) is 8. The molecule has 0 radical (unpaired) electrons. The van der Waals surface area contributed by atoms with Crippen LogP contribution in [0.5, 0.6) is 11.5 Å². The number of piperidine rings is 2. The number of amides is 6. The average Bonchev–Trinajstić information content (AvgIpc) is 3.54. The third kappa shape index (κ3) is 9.45. The van der Waals surface area contributed by atoms with Crippen molar-refractivity contribution in [3.05, 3.63) is 89.1 Å². The summed E-state index contributed by atoms with van der Waals surface area (Å²) in [4.78, 5) is 96.0. The molecule has 6 heterocycles. The van der Waals surface area contributed by atoms with Crippen molar-refractivity contribution in [2.75, 3.05) is 86.9 Å². The number of carbonyl (C=O) groups is 6. The number of hydrogen-bond donors (Lipinski definition) is 2. The summed E-state index contributed by atoms with van der Waals surface area (Å²) in [7, 11) is -2.41. The lowest BCUT2D eigenvalue weighted by Crippen LogP contribution is -2.54. The van der Waals surface area contributed by atoms with Crippen LogP contribution in [0.15, 0.2) is 66.9 Å². The van der Waals surface area contributed by atoms with Crippen molar-refractivity contribution in [2.24, 2.45) is 0 Å². The summed E-state index contributed by atoms with van der Waals surface area (Å²) >= 11 is 0. The number of aromatic nitrogens is 2. The maximum absolute atomic E-state index is 13.9. The van der Waals surface area contributed by atoms with Crippen LogP contribution in [0.4, 0.5) is 28.8 Å². The maximum Gasteiger partial charge on any atom is 0.266 e. The molecule has 1 atom stereocenters. The molecule has 5 aliphatic heterocycles. The lowest BCUT2D eigenvalue weighted by Gasteiger charge is -2.42. The smallest absolute Gasteiger partial charge is 0.266 e. The molecular formula is C48H54N10O10S. The lowest BCUT2D eigenvalue weighted by atomic mass is 10.0. The summed E-state index contributed by atoms with van der Waals surface area (Å²) in [6.45, 7) is 8.36. The van der Waals surface area contributed by atoms with Crippen molar-refractivity contribution in [1.29, 1.82) is 0 Å². The predicted molar refractivity (Wildman–Crippen MR) is 254 cm³/mol. The fraction of sp³-hybridized carbons (Fsp3) is 0.417. The summed E-state index contributed by atoms with van der Waals surface area (Å²) in [5.41, 5.74) is 1.87. The van der Waals surface area contributed by atoms with Crippen molar-refractivity contribution in [2.45, 2.75) is 57.5 Å². The SMILES string of the molecule is CCOc1cc(C(=O)N2CCC(N3CCN(CCCCOc4cccc5c4C(=O)N(C4CCC(=O)NC4=O)C5=O)CC3)CC2)ccc1Nc1ncc2c(n1)N(S(C)(=O)=O)c1ccccc1C(=O)N2C. The Morgan fingerprint density at radius 1 is 0.826 bits per heavy atom. The van der Waals surface area contributed by atoms with Gasteiger partial charge >= 0.3 is 0 Å². The Hall–Kier alpha value is -6.97. The number of rotatable bonds is 14. The van der Waals surface area contributed by atoms with E-state index in [0.717, 1.165) is 73.9 Å². The van der Waals surface area contributed by atoms with E-state index in [2.05, 4.69) is 30.4 Å². The number of likely N-dealkylation sites (tertiary alicyclic amines) is 1. The summed E-state index contributed by atoms with van der Waals surface area (Å²) in [5.74, 6) is -1.96. The molecule has 69 heavy (non-hydrogen) atoms. The summed E-state index contributed by atoms with van der Waals surface area (Å²) in [5, 5.41) is 5.35. The van der Waals surface area contributed by atoms with Crippen molar-refractivity contribution in [1.82, 2.24) is 34.9 Å². The number of imide groups is 2. The molecule has 3 fully saturated rings. The quantitative estimate of drug-likeness (QED) is 0.136. The topological polar surface area (TPSA) is 224 Å². The minimum absolute atomic E-state index is 0.00260. The monoisotopic (exact) mass is 962 g/mol. The normalized spacial score (nSPS) is 19.2. The summed E-state index contributed by atoms with van der Waals surface area (Å²) < 4.78 is 39.5. The predicted octanol–water partition coefficient (Wildman–Crippen LogP) is 3.79. The molecule has 1 aromatic heterocycles. The standard InChI is InChI=1S/C48H54N10O10S/c1-4-67-39-28-30(14-15-34(39)50-48-49-29-37-42(52-48)58(69(3,65)66)35-12-6-5-10-32(35)45(62)53(37)2)44(61)56-21-18-31(19-22-56)55-25-23-54(24-26-55)20-7-8-27-68-38-13-9-11-33-41(38)47(64)57(46(33)63)36-16-17-40(59)51-43(36)60/h5-6,9-15,28-29,31,36H,4,7-8,16-27H2,1-3H3,(H,49,50,52)(H,51,59,60). The van der Waals surface area contributed by atoms with Crippen molar-refractivity contribution >= 4 is 74.3 Å². The van der Waals surface area contributed by atoms with Gasteiger partial charge in [-0.3, -0.25) is 43.9 Å². The second kappa shape index (κ2) is 19.6. The minimum Gasteiger partial charge on any atom is -0.493 e. The van der Waals surface area contributed by atoms with Gasteiger partial charge in [-0.05, 0) is 88.0 Å². The van der Waals surface area contributed by atoms with Crippen LogP contribution in [-0.4, -0.2) is 158 Å². The van der Waals surface area contributed by atoms with E-state index in [1.807, 2.05) is 11.8 Å². The Labute approximate surface area is 399 Å². The molecule has 0 saturated carbocycles. The zero-order valence-corrected chi connectivity index (χ0v) is 39.5. The molecule has 21 heteroatoms. The molecule has 362 valence electrons. The Bertz CT molecular complexity index is 2830. The number of piperazine rings is 1. The van der Waals surface area contributed by atoms with Crippen LogP contribution in [0, 0.1) is 0 Å². The summed E-state index contributed by atoms with van der Waals surface area (Å²) in [6.07, 6.45) is 5.93. The summed E-state index contributed by atoms with van der Waals surface area (Å²) in [6, 6.07) is 15.8. The minimum atomic E-state index is -3.95. The highest BCUT2D eigenvalue weighted by molar-refractivity contribution is 7.92. The first-order chi connectivity index (χ1) is 33.2. The van der Waals surface area contributed by atoms with Gasteiger partial charge in [0.05, 0.1) is 53.7 Å². The first kappa shape index (κ1) is 47.1. The first-order valence-corrected chi connectivity index (χ1v) is 25.1. The highest BCUT2D eigenvalue weighted by atomic mass is 32.2. The van der Waals surface area contributed by atoms with Gasteiger partial charge < -0.3 is 29.5 Å². The van der Waals surface area contributed by atoms with Crippen molar-refractivity contribution in [3.8, 4) is 11.5 Å². The van der Waals surface area contributed by atoms with Gasteiger partial charge in [0.25, 0.3) is 23.6 Å².